The van der Waals surface area contributed by atoms with Crippen LogP contribution in [0, 0.1) is 0 Å². The van der Waals surface area contributed by atoms with Crippen LogP contribution in [0.5, 0.6) is 0 Å². The molecule has 5 heteroatoms. The predicted molar refractivity (Wildman–Crippen MR) is 39.3 cm³/mol. The molecular weight excluding hydrogens is 164 g/mol. The van der Waals surface area contributed by atoms with E-state index in [0.717, 1.165) is 0 Å². The van der Waals surface area contributed by atoms with E-state index in [9.17, 15) is 5.11 Å². The van der Waals surface area contributed by atoms with Crippen molar-refractivity contribution >= 4 is 0 Å². The number of aliphatic hydroxyl groups excluding tert-OH is 2. The van der Waals surface area contributed by atoms with Crippen LogP contribution in [0.1, 0.15) is 6.42 Å². The fraction of sp³-hybridized carbons (Fsp3) is 1.00. The van der Waals surface area contributed by atoms with Gasteiger partial charge in [-0.3, -0.25) is 0 Å². The molecule has 1 fully saturated rings. The van der Waals surface area contributed by atoms with E-state index < -0.39 is 18.2 Å². The minimum Gasteiger partial charge on any atom is -0.391 e. The van der Waals surface area contributed by atoms with Gasteiger partial charge in [-0.05, 0) is 0 Å². The molecule has 0 bridgehead atoms. The molecule has 3 atom stereocenters. The zero-order valence-corrected chi connectivity index (χ0v) is 7.19. The number of rotatable bonds is 3. The van der Waals surface area contributed by atoms with Gasteiger partial charge in [0, 0.05) is 20.6 Å². The Morgan fingerprint density at radius 2 is 2.25 bits per heavy atom. The fourth-order valence-corrected chi connectivity index (χ4v) is 1.25. The van der Waals surface area contributed by atoms with Crippen LogP contribution in [-0.2, 0) is 14.2 Å². The van der Waals surface area contributed by atoms with Gasteiger partial charge in [0.15, 0.2) is 6.29 Å². The Morgan fingerprint density at radius 3 is 2.50 bits per heavy atom. The highest BCUT2D eigenvalue weighted by Gasteiger charge is 2.48. The Morgan fingerprint density at radius 1 is 1.58 bits per heavy atom. The summed E-state index contributed by atoms with van der Waals surface area (Å²) in [6.45, 7) is -0.384. The summed E-state index contributed by atoms with van der Waals surface area (Å²) in [4.78, 5) is 0. The van der Waals surface area contributed by atoms with Crippen LogP contribution in [0.3, 0.4) is 0 Å². The summed E-state index contributed by atoms with van der Waals surface area (Å²) in [6.07, 6.45) is -1.05. The highest BCUT2D eigenvalue weighted by molar-refractivity contribution is 4.85. The van der Waals surface area contributed by atoms with Gasteiger partial charge in [0.2, 0.25) is 5.79 Å². The van der Waals surface area contributed by atoms with Crippen LogP contribution in [0.4, 0.5) is 0 Å². The van der Waals surface area contributed by atoms with E-state index in [1.165, 1.54) is 14.2 Å². The summed E-state index contributed by atoms with van der Waals surface area (Å²) in [5.41, 5.74) is 0. The van der Waals surface area contributed by atoms with Crippen LogP contribution >= 0.6 is 0 Å². The second kappa shape index (κ2) is 3.68. The van der Waals surface area contributed by atoms with Gasteiger partial charge in [-0.15, -0.1) is 0 Å². The summed E-state index contributed by atoms with van der Waals surface area (Å²) in [5.74, 6) is -1.30. The summed E-state index contributed by atoms with van der Waals surface area (Å²) >= 11 is 0. The lowest BCUT2D eigenvalue weighted by Gasteiger charge is -2.27. The first-order chi connectivity index (χ1) is 5.68. The first-order valence-corrected chi connectivity index (χ1v) is 3.73. The molecule has 1 unspecified atom stereocenters. The van der Waals surface area contributed by atoms with Gasteiger partial charge in [-0.1, -0.05) is 0 Å². The van der Waals surface area contributed by atoms with E-state index in [2.05, 4.69) is 0 Å². The van der Waals surface area contributed by atoms with Gasteiger partial charge < -0.3 is 24.4 Å². The van der Waals surface area contributed by atoms with Gasteiger partial charge in [0.1, 0.15) is 6.10 Å². The van der Waals surface area contributed by atoms with E-state index in [1.54, 1.807) is 0 Å². The smallest absolute Gasteiger partial charge is 0.220 e. The number of hydrogen-bond donors (Lipinski definition) is 2. The molecule has 5 nitrogen and oxygen atoms in total. The van der Waals surface area contributed by atoms with Crippen molar-refractivity contribution in [3.05, 3.63) is 0 Å². The second-order valence-electron chi connectivity index (χ2n) is 2.71. The average molecular weight is 178 g/mol. The molecule has 0 aromatic heterocycles. The van der Waals surface area contributed by atoms with Crippen molar-refractivity contribution in [3.63, 3.8) is 0 Å². The van der Waals surface area contributed by atoms with Crippen molar-refractivity contribution < 1.29 is 24.4 Å². The molecule has 0 aromatic rings. The Balaban J connectivity index is 2.65. The molecule has 1 heterocycles. The SMILES string of the molecule is COC1C[C@H](O)[C@](CO)(OC)O1. The highest BCUT2D eigenvalue weighted by atomic mass is 16.8. The molecule has 12 heavy (non-hydrogen) atoms. The topological polar surface area (TPSA) is 68.2 Å². The van der Waals surface area contributed by atoms with Gasteiger partial charge in [0.25, 0.3) is 0 Å². The number of methoxy groups -OCH3 is 2. The van der Waals surface area contributed by atoms with Crippen LogP contribution in [0.2, 0.25) is 0 Å². The summed E-state index contributed by atoms with van der Waals surface area (Å²) in [6, 6.07) is 0. The predicted octanol–water partition coefficient (Wildman–Crippen LogP) is -0.925. The number of aliphatic hydroxyl groups is 2. The highest BCUT2D eigenvalue weighted by Crippen LogP contribution is 2.31. The minimum atomic E-state index is -1.30. The molecular formula is C7H14O5. The summed E-state index contributed by atoms with van der Waals surface area (Å²) in [7, 11) is 2.85. The molecule has 2 N–H and O–H groups in total. The Bertz CT molecular complexity index is 145. The van der Waals surface area contributed by atoms with Crippen molar-refractivity contribution in [2.45, 2.75) is 24.6 Å². The second-order valence-corrected chi connectivity index (χ2v) is 2.71. The van der Waals surface area contributed by atoms with Crippen molar-refractivity contribution in [2.75, 3.05) is 20.8 Å². The van der Waals surface area contributed by atoms with Crippen LogP contribution in [0.25, 0.3) is 0 Å². The minimum absolute atomic E-state index is 0.310. The van der Waals surface area contributed by atoms with Gasteiger partial charge in [-0.25, -0.2) is 0 Å². The Hall–Kier alpha value is -0.200. The van der Waals surface area contributed by atoms with Crippen LogP contribution in [-0.4, -0.2) is 49.2 Å². The fourth-order valence-electron chi connectivity index (χ4n) is 1.25. The third-order valence-electron chi connectivity index (χ3n) is 2.08. The van der Waals surface area contributed by atoms with Gasteiger partial charge in [-0.2, -0.15) is 0 Å². The van der Waals surface area contributed by atoms with Gasteiger partial charge >= 0.3 is 0 Å². The molecule has 0 saturated carbocycles. The first-order valence-electron chi connectivity index (χ1n) is 3.73. The third-order valence-corrected chi connectivity index (χ3v) is 2.08. The van der Waals surface area contributed by atoms with Crippen molar-refractivity contribution in [2.24, 2.45) is 0 Å². The van der Waals surface area contributed by atoms with E-state index >= 15 is 0 Å². The Labute approximate surface area is 70.9 Å². The maximum Gasteiger partial charge on any atom is 0.220 e. The lowest BCUT2D eigenvalue weighted by atomic mass is 10.1. The average Bonchev–Trinajstić information content (AvgIpc) is 2.43. The van der Waals surface area contributed by atoms with Crippen molar-refractivity contribution in [1.82, 2.24) is 0 Å². The van der Waals surface area contributed by atoms with E-state index in [0.29, 0.717) is 6.42 Å². The van der Waals surface area contributed by atoms with E-state index in [-0.39, 0.29) is 6.61 Å². The van der Waals surface area contributed by atoms with Crippen molar-refractivity contribution in [1.29, 1.82) is 0 Å². The quantitative estimate of drug-likeness (QED) is 0.584. The maximum absolute atomic E-state index is 9.45. The molecule has 1 aliphatic heterocycles. The van der Waals surface area contributed by atoms with E-state index in [4.69, 9.17) is 19.3 Å². The monoisotopic (exact) mass is 178 g/mol. The molecule has 72 valence electrons. The molecule has 0 radical (unpaired) electrons. The number of ether oxygens (including phenoxy) is 3. The molecule has 0 aromatic carbocycles. The largest absolute Gasteiger partial charge is 0.391 e. The third kappa shape index (κ3) is 1.46. The molecule has 1 rings (SSSR count). The standard InChI is InChI=1S/C7H14O5/c1-10-6-3-5(9)7(4-8,11-2)12-6/h5-6,8-9H,3-4H2,1-2H3/t5-,6?,7+/m0/s1. The molecule has 1 aliphatic rings. The summed E-state index contributed by atoms with van der Waals surface area (Å²) < 4.78 is 14.9. The normalized spacial score (nSPS) is 42.0. The lowest BCUT2D eigenvalue weighted by molar-refractivity contribution is -0.288. The lowest BCUT2D eigenvalue weighted by Crippen LogP contribution is -2.45. The molecule has 0 amide bonds. The van der Waals surface area contributed by atoms with Gasteiger partial charge in [0.05, 0.1) is 6.61 Å². The first kappa shape index (κ1) is 9.88. The Kier molecular flexibility index (Phi) is 3.03. The summed E-state index contributed by atoms with van der Waals surface area (Å²) in [5, 5.41) is 18.4. The van der Waals surface area contributed by atoms with Crippen LogP contribution in [0.15, 0.2) is 0 Å². The van der Waals surface area contributed by atoms with E-state index in [1.807, 2.05) is 0 Å². The van der Waals surface area contributed by atoms with Crippen molar-refractivity contribution in [3.8, 4) is 0 Å². The zero-order valence-electron chi connectivity index (χ0n) is 7.19. The number of hydrogen-bond acceptors (Lipinski definition) is 5. The maximum atomic E-state index is 9.45. The molecule has 1 saturated heterocycles. The van der Waals surface area contributed by atoms with Crippen LogP contribution < -0.4 is 0 Å². The molecule has 0 spiro atoms. The molecule has 0 aliphatic carbocycles. The zero-order chi connectivity index (χ0) is 9.19.